The van der Waals surface area contributed by atoms with Crippen molar-refractivity contribution in [3.8, 4) is 22.8 Å². The van der Waals surface area contributed by atoms with Gasteiger partial charge in [0.05, 0.1) is 24.8 Å². The molecular weight excluding hydrogens is 348 g/mol. The summed E-state index contributed by atoms with van der Waals surface area (Å²) in [5, 5.41) is 2.87. The van der Waals surface area contributed by atoms with Gasteiger partial charge in [0.2, 0.25) is 5.88 Å². The molecular formula is C19H20N4O4. The predicted molar refractivity (Wildman–Crippen MR) is 99.2 cm³/mol. The molecule has 0 fully saturated rings. The molecule has 0 aliphatic heterocycles. The lowest BCUT2D eigenvalue weighted by Gasteiger charge is -2.05. The van der Waals surface area contributed by atoms with Gasteiger partial charge < -0.3 is 9.47 Å². The molecule has 0 amide bonds. The van der Waals surface area contributed by atoms with Gasteiger partial charge in [-0.2, -0.15) is 0 Å². The van der Waals surface area contributed by atoms with E-state index in [1.54, 1.807) is 36.7 Å². The van der Waals surface area contributed by atoms with Gasteiger partial charge in [0.1, 0.15) is 0 Å². The average molecular weight is 368 g/mol. The highest BCUT2D eigenvalue weighted by Gasteiger charge is 2.13. The lowest BCUT2D eigenvalue weighted by molar-refractivity contribution is 0.0499. The van der Waals surface area contributed by atoms with Crippen LogP contribution in [0, 0.1) is 0 Å². The van der Waals surface area contributed by atoms with Gasteiger partial charge in [-0.1, -0.05) is 13.3 Å². The molecule has 1 N–H and O–H groups in total. The molecule has 3 rings (SSSR count). The van der Waals surface area contributed by atoms with E-state index >= 15 is 0 Å². The van der Waals surface area contributed by atoms with E-state index in [0.29, 0.717) is 35.0 Å². The maximum absolute atomic E-state index is 12.7. The van der Waals surface area contributed by atoms with Crippen molar-refractivity contribution in [2.24, 2.45) is 0 Å². The maximum atomic E-state index is 12.7. The van der Waals surface area contributed by atoms with Crippen LogP contribution in [0.5, 0.6) is 5.88 Å². The van der Waals surface area contributed by atoms with Crippen molar-refractivity contribution < 1.29 is 14.3 Å². The molecule has 0 saturated carbocycles. The Kier molecular flexibility index (Phi) is 5.65. The molecule has 0 aliphatic carbocycles. The standard InChI is InChI=1S/C19H20N4O4/c1-3-4-9-27-19(25)14-5-7-16(20-11-14)23-18(24)15(12-22-23)13-6-8-17(26-2)21-10-13/h5-8,10-12,22H,3-4,9H2,1-2H3. The van der Waals surface area contributed by atoms with E-state index in [1.165, 1.54) is 18.0 Å². The summed E-state index contributed by atoms with van der Waals surface area (Å²) in [5.41, 5.74) is 1.18. The highest BCUT2D eigenvalue weighted by Crippen LogP contribution is 2.17. The molecule has 3 aromatic rings. The van der Waals surface area contributed by atoms with E-state index < -0.39 is 5.97 Å². The number of esters is 1. The van der Waals surface area contributed by atoms with E-state index in [-0.39, 0.29) is 5.56 Å². The van der Waals surface area contributed by atoms with Crippen LogP contribution in [-0.2, 0) is 4.74 Å². The Balaban J connectivity index is 1.80. The number of hydrogen-bond donors (Lipinski definition) is 1. The summed E-state index contributed by atoms with van der Waals surface area (Å²) < 4.78 is 11.5. The zero-order valence-electron chi connectivity index (χ0n) is 15.1. The number of unbranched alkanes of at least 4 members (excludes halogenated alkanes) is 1. The van der Waals surface area contributed by atoms with Crippen LogP contribution in [0.4, 0.5) is 0 Å². The minimum absolute atomic E-state index is 0.271. The van der Waals surface area contributed by atoms with Crippen molar-refractivity contribution >= 4 is 5.97 Å². The first-order valence-electron chi connectivity index (χ1n) is 8.58. The van der Waals surface area contributed by atoms with E-state index in [9.17, 15) is 9.59 Å². The van der Waals surface area contributed by atoms with Crippen molar-refractivity contribution in [1.82, 2.24) is 19.7 Å². The molecule has 0 saturated heterocycles. The first kappa shape index (κ1) is 18.4. The van der Waals surface area contributed by atoms with E-state index in [1.807, 2.05) is 6.92 Å². The molecule has 0 aliphatic rings. The Morgan fingerprint density at radius 2 is 2.04 bits per heavy atom. The topological polar surface area (TPSA) is 99.1 Å². The zero-order chi connectivity index (χ0) is 19.2. The summed E-state index contributed by atoms with van der Waals surface area (Å²) >= 11 is 0. The number of carbonyl (C=O) groups is 1. The number of rotatable bonds is 7. The van der Waals surface area contributed by atoms with Gasteiger partial charge in [-0.05, 0) is 24.6 Å². The Morgan fingerprint density at radius 3 is 2.67 bits per heavy atom. The summed E-state index contributed by atoms with van der Waals surface area (Å²) in [6.07, 6.45) is 6.31. The number of methoxy groups -OCH3 is 1. The number of hydrogen-bond acceptors (Lipinski definition) is 6. The molecule has 0 unspecified atom stereocenters. The van der Waals surface area contributed by atoms with Gasteiger partial charge in [-0.25, -0.2) is 19.4 Å². The fourth-order valence-electron chi connectivity index (χ4n) is 2.44. The van der Waals surface area contributed by atoms with Crippen LogP contribution < -0.4 is 10.3 Å². The van der Waals surface area contributed by atoms with Gasteiger partial charge in [-0.3, -0.25) is 9.89 Å². The number of aromatic amines is 1. The molecule has 3 aromatic heterocycles. The molecule has 0 bridgehead atoms. The van der Waals surface area contributed by atoms with Crippen molar-refractivity contribution in [3.63, 3.8) is 0 Å². The SMILES string of the molecule is CCCCOC(=O)c1ccc(-n2[nH]cc(-c3ccc(OC)nc3)c2=O)nc1. The van der Waals surface area contributed by atoms with Crippen LogP contribution in [-0.4, -0.2) is 39.4 Å². The minimum Gasteiger partial charge on any atom is -0.481 e. The van der Waals surface area contributed by atoms with Crippen LogP contribution in [0.1, 0.15) is 30.1 Å². The molecule has 0 atom stereocenters. The van der Waals surface area contributed by atoms with Gasteiger partial charge in [0, 0.05) is 30.2 Å². The Morgan fingerprint density at radius 1 is 1.19 bits per heavy atom. The molecule has 0 radical (unpaired) electrons. The Labute approximate surface area is 155 Å². The number of ether oxygens (including phenoxy) is 2. The first-order valence-corrected chi connectivity index (χ1v) is 8.58. The highest BCUT2D eigenvalue weighted by atomic mass is 16.5. The second-order valence-electron chi connectivity index (χ2n) is 5.81. The normalized spacial score (nSPS) is 10.6. The molecule has 140 valence electrons. The maximum Gasteiger partial charge on any atom is 0.339 e. The average Bonchev–Trinajstić information content (AvgIpc) is 3.09. The number of nitrogens with one attached hydrogen (secondary N) is 1. The lowest BCUT2D eigenvalue weighted by atomic mass is 10.2. The minimum atomic E-state index is -0.425. The smallest absolute Gasteiger partial charge is 0.339 e. The number of pyridine rings is 2. The van der Waals surface area contributed by atoms with E-state index in [4.69, 9.17) is 9.47 Å². The van der Waals surface area contributed by atoms with Crippen molar-refractivity contribution in [2.45, 2.75) is 19.8 Å². The van der Waals surface area contributed by atoms with Gasteiger partial charge in [0.25, 0.3) is 5.56 Å². The molecule has 0 spiro atoms. The number of H-pyrrole nitrogens is 1. The van der Waals surface area contributed by atoms with Crippen LogP contribution in [0.3, 0.4) is 0 Å². The van der Waals surface area contributed by atoms with Crippen molar-refractivity contribution in [1.29, 1.82) is 0 Å². The summed E-state index contributed by atoms with van der Waals surface area (Å²) in [6.45, 7) is 2.40. The quantitative estimate of drug-likeness (QED) is 0.508. The monoisotopic (exact) mass is 368 g/mol. The van der Waals surface area contributed by atoms with E-state index in [2.05, 4.69) is 15.1 Å². The lowest BCUT2D eigenvalue weighted by Crippen LogP contribution is -2.17. The Bertz CT molecular complexity index is 959. The van der Waals surface area contributed by atoms with Crippen LogP contribution in [0.25, 0.3) is 16.9 Å². The third kappa shape index (κ3) is 4.05. The summed E-state index contributed by atoms with van der Waals surface area (Å²) in [5.74, 6) is 0.418. The zero-order valence-corrected chi connectivity index (χ0v) is 15.1. The molecule has 0 aromatic carbocycles. The molecule has 8 heteroatoms. The molecule has 3 heterocycles. The van der Waals surface area contributed by atoms with Gasteiger partial charge in [-0.15, -0.1) is 0 Å². The fraction of sp³-hybridized carbons (Fsp3) is 0.263. The van der Waals surface area contributed by atoms with Crippen LogP contribution in [0.2, 0.25) is 0 Å². The van der Waals surface area contributed by atoms with Gasteiger partial charge >= 0.3 is 5.97 Å². The number of carbonyl (C=O) groups excluding carboxylic acids is 1. The van der Waals surface area contributed by atoms with Crippen LogP contribution >= 0.6 is 0 Å². The first-order chi connectivity index (χ1) is 13.1. The number of aromatic nitrogens is 4. The second kappa shape index (κ2) is 8.31. The summed E-state index contributed by atoms with van der Waals surface area (Å²) in [7, 11) is 1.53. The Hall–Kier alpha value is -3.42. The van der Waals surface area contributed by atoms with Crippen molar-refractivity contribution in [2.75, 3.05) is 13.7 Å². The second-order valence-corrected chi connectivity index (χ2v) is 5.81. The summed E-state index contributed by atoms with van der Waals surface area (Å²) in [6, 6.07) is 6.61. The number of nitrogens with zero attached hydrogens (tertiary/aromatic N) is 3. The van der Waals surface area contributed by atoms with Crippen molar-refractivity contribution in [3.05, 3.63) is 58.8 Å². The molecule has 8 nitrogen and oxygen atoms in total. The molecule has 27 heavy (non-hydrogen) atoms. The third-order valence-corrected chi connectivity index (χ3v) is 3.97. The van der Waals surface area contributed by atoms with Gasteiger partial charge in [0.15, 0.2) is 5.82 Å². The fourth-order valence-corrected chi connectivity index (χ4v) is 2.44. The summed E-state index contributed by atoms with van der Waals surface area (Å²) in [4.78, 5) is 32.9. The third-order valence-electron chi connectivity index (χ3n) is 3.97. The van der Waals surface area contributed by atoms with E-state index in [0.717, 1.165) is 12.8 Å². The highest BCUT2D eigenvalue weighted by molar-refractivity contribution is 5.89. The predicted octanol–water partition coefficient (Wildman–Crippen LogP) is 2.59. The largest absolute Gasteiger partial charge is 0.481 e. The van der Waals surface area contributed by atoms with Crippen LogP contribution in [0.15, 0.2) is 47.7 Å².